The van der Waals surface area contributed by atoms with E-state index in [0.29, 0.717) is 11.7 Å². The molecule has 1 fully saturated rings. The van der Waals surface area contributed by atoms with Crippen molar-refractivity contribution in [2.75, 3.05) is 0 Å². The number of hydrogen-bond acceptors (Lipinski definition) is 1. The number of unbranched alkanes of at least 4 members (excludes halogenated alkanes) is 1. The van der Waals surface area contributed by atoms with Gasteiger partial charge in [-0.2, -0.15) is 0 Å². The molecule has 0 saturated heterocycles. The third-order valence-corrected chi connectivity index (χ3v) is 3.61. The summed E-state index contributed by atoms with van der Waals surface area (Å²) in [4.78, 5) is 11.8. The van der Waals surface area contributed by atoms with Gasteiger partial charge in [0.2, 0.25) is 0 Å². The number of Topliss-reactive ketones (excluding diaryl/α,β-unsaturated/α-hetero) is 1. The maximum Gasteiger partial charge on any atom is 0.136 e. The molecule has 0 radical (unpaired) electrons. The van der Waals surface area contributed by atoms with Crippen LogP contribution in [0.2, 0.25) is 0 Å². The second-order valence-electron chi connectivity index (χ2n) is 4.88. The molecular weight excluding hydrogens is 220 g/mol. The van der Waals surface area contributed by atoms with Crippen LogP contribution in [0.25, 0.3) is 0 Å². The number of carbonyl (C=O) groups excluding carboxylic acids is 1. The fourth-order valence-electron chi connectivity index (χ4n) is 2.53. The maximum absolute atomic E-state index is 11.8. The molecule has 0 N–H and O–H groups in total. The molecule has 0 aromatic rings. The van der Waals surface area contributed by atoms with E-state index in [4.69, 9.17) is 0 Å². The Hall–Kier alpha value is -1.37. The van der Waals surface area contributed by atoms with Crippen LogP contribution in [0.3, 0.4) is 0 Å². The van der Waals surface area contributed by atoms with E-state index in [0.717, 1.165) is 37.7 Å². The fourth-order valence-corrected chi connectivity index (χ4v) is 2.53. The maximum atomic E-state index is 11.8. The van der Waals surface area contributed by atoms with Crippen molar-refractivity contribution >= 4 is 5.78 Å². The van der Waals surface area contributed by atoms with E-state index in [1.165, 1.54) is 0 Å². The molecule has 0 heterocycles. The summed E-state index contributed by atoms with van der Waals surface area (Å²) >= 11 is 0. The van der Waals surface area contributed by atoms with Crippen LogP contribution in [0.15, 0.2) is 49.1 Å². The van der Waals surface area contributed by atoms with Crippen LogP contribution in [0.1, 0.15) is 39.0 Å². The fraction of sp³-hybridized carbons (Fsp3) is 0.471. The van der Waals surface area contributed by atoms with Crippen molar-refractivity contribution in [3.63, 3.8) is 0 Å². The molecule has 0 unspecified atom stereocenters. The first-order valence-corrected chi connectivity index (χ1v) is 6.89. The van der Waals surface area contributed by atoms with E-state index >= 15 is 0 Å². The van der Waals surface area contributed by atoms with Gasteiger partial charge in [-0.05, 0) is 24.3 Å². The topological polar surface area (TPSA) is 17.1 Å². The first-order chi connectivity index (χ1) is 8.72. The zero-order valence-electron chi connectivity index (χ0n) is 11.4. The van der Waals surface area contributed by atoms with Gasteiger partial charge < -0.3 is 0 Å². The van der Waals surface area contributed by atoms with Gasteiger partial charge in [-0.3, -0.25) is 4.79 Å². The van der Waals surface area contributed by atoms with Crippen molar-refractivity contribution < 1.29 is 4.79 Å². The third-order valence-electron chi connectivity index (χ3n) is 3.61. The average molecular weight is 244 g/mol. The normalized spacial score (nSPS) is 24.7. The average Bonchev–Trinajstić information content (AvgIpc) is 2.73. The van der Waals surface area contributed by atoms with Gasteiger partial charge in [0.15, 0.2) is 0 Å². The lowest BCUT2D eigenvalue weighted by atomic mass is 9.90. The highest BCUT2D eigenvalue weighted by atomic mass is 16.1. The van der Waals surface area contributed by atoms with Crippen LogP contribution in [0.4, 0.5) is 0 Å². The summed E-state index contributed by atoms with van der Waals surface area (Å²) in [6.07, 6.45) is 14.9. The molecule has 1 aliphatic carbocycles. The lowest BCUT2D eigenvalue weighted by Gasteiger charge is -2.14. The molecule has 0 amide bonds. The quantitative estimate of drug-likeness (QED) is 0.597. The summed E-state index contributed by atoms with van der Waals surface area (Å²) in [5.74, 6) is 1.11. The molecule has 1 heteroatoms. The summed E-state index contributed by atoms with van der Waals surface area (Å²) in [7, 11) is 0. The molecule has 98 valence electrons. The minimum Gasteiger partial charge on any atom is -0.299 e. The largest absolute Gasteiger partial charge is 0.299 e. The number of allylic oxidation sites excluding steroid dienone is 6. The Balaban J connectivity index is 2.67. The predicted octanol–water partition coefficient (Wildman–Crippen LogP) is 4.63. The summed E-state index contributed by atoms with van der Waals surface area (Å²) in [5.41, 5.74) is 1.05. The van der Waals surface area contributed by atoms with E-state index in [-0.39, 0.29) is 5.92 Å². The third kappa shape index (κ3) is 4.14. The van der Waals surface area contributed by atoms with Gasteiger partial charge in [-0.25, -0.2) is 0 Å². The van der Waals surface area contributed by atoms with Crippen molar-refractivity contribution in [1.82, 2.24) is 0 Å². The van der Waals surface area contributed by atoms with Gasteiger partial charge in [0.25, 0.3) is 0 Å². The molecule has 1 rings (SSSR count). The van der Waals surface area contributed by atoms with Crippen LogP contribution < -0.4 is 0 Å². The molecule has 1 nitrogen and oxygen atoms in total. The SMILES string of the molecule is C=C/C=C(C=C)/C=C/[C@H]1CCC(=O)[C@@H]1CCCC. The Bertz CT molecular complexity index is 360. The molecular formula is C17H24O. The molecule has 0 aliphatic heterocycles. The summed E-state index contributed by atoms with van der Waals surface area (Å²) in [5, 5.41) is 0. The Kier molecular flexibility index (Phi) is 6.42. The van der Waals surface area contributed by atoms with Gasteiger partial charge in [-0.15, -0.1) is 0 Å². The van der Waals surface area contributed by atoms with Crippen molar-refractivity contribution in [3.05, 3.63) is 49.1 Å². The van der Waals surface area contributed by atoms with Crippen molar-refractivity contribution in [3.8, 4) is 0 Å². The molecule has 0 bridgehead atoms. The van der Waals surface area contributed by atoms with E-state index in [9.17, 15) is 4.79 Å². The molecule has 1 saturated carbocycles. The number of carbonyl (C=O) groups is 1. The van der Waals surface area contributed by atoms with E-state index in [2.05, 4.69) is 32.2 Å². The van der Waals surface area contributed by atoms with Crippen molar-refractivity contribution in [2.24, 2.45) is 11.8 Å². The van der Waals surface area contributed by atoms with Crippen molar-refractivity contribution in [2.45, 2.75) is 39.0 Å². The molecule has 0 aromatic carbocycles. The van der Waals surface area contributed by atoms with E-state index in [1.54, 1.807) is 6.08 Å². The monoisotopic (exact) mass is 244 g/mol. The summed E-state index contributed by atoms with van der Waals surface area (Å²) < 4.78 is 0. The molecule has 18 heavy (non-hydrogen) atoms. The van der Waals surface area contributed by atoms with Gasteiger partial charge in [0, 0.05) is 12.3 Å². The zero-order chi connectivity index (χ0) is 13.4. The van der Waals surface area contributed by atoms with Crippen LogP contribution in [-0.4, -0.2) is 5.78 Å². The van der Waals surface area contributed by atoms with Gasteiger partial charge >= 0.3 is 0 Å². The number of rotatable bonds is 7. The van der Waals surface area contributed by atoms with Crippen LogP contribution in [0.5, 0.6) is 0 Å². The number of ketones is 1. The number of hydrogen-bond donors (Lipinski definition) is 0. The summed E-state index contributed by atoms with van der Waals surface area (Å²) in [6.45, 7) is 9.63. The molecule has 1 aliphatic rings. The first-order valence-electron chi connectivity index (χ1n) is 6.89. The highest BCUT2D eigenvalue weighted by molar-refractivity contribution is 5.83. The van der Waals surface area contributed by atoms with E-state index < -0.39 is 0 Å². The lowest BCUT2D eigenvalue weighted by Crippen LogP contribution is -2.13. The van der Waals surface area contributed by atoms with E-state index in [1.807, 2.05) is 12.2 Å². The second kappa shape index (κ2) is 7.86. The smallest absolute Gasteiger partial charge is 0.136 e. The van der Waals surface area contributed by atoms with Crippen LogP contribution in [0, 0.1) is 11.8 Å². The zero-order valence-corrected chi connectivity index (χ0v) is 11.4. The predicted molar refractivity (Wildman–Crippen MR) is 78.4 cm³/mol. The van der Waals surface area contributed by atoms with Crippen molar-refractivity contribution in [1.29, 1.82) is 0 Å². The Labute approximate surface area is 111 Å². The standard InChI is InChI=1S/C17H24O/c1-4-7-9-16-15(12-13-17(16)18)11-10-14(6-3)8-5-2/h5-6,8,10-11,15-16H,2-4,7,9,12-13H2,1H3/b11-10+,14-8+/t15-,16+/m0/s1. The minimum atomic E-state index is 0.246. The Morgan fingerprint density at radius 3 is 2.83 bits per heavy atom. The Morgan fingerprint density at radius 1 is 1.44 bits per heavy atom. The molecule has 2 atom stereocenters. The lowest BCUT2D eigenvalue weighted by molar-refractivity contribution is -0.121. The van der Waals surface area contributed by atoms with Crippen LogP contribution >= 0.6 is 0 Å². The Morgan fingerprint density at radius 2 is 2.22 bits per heavy atom. The highest BCUT2D eigenvalue weighted by Gasteiger charge is 2.31. The second-order valence-corrected chi connectivity index (χ2v) is 4.88. The molecule has 0 aromatic heterocycles. The van der Waals surface area contributed by atoms with Gasteiger partial charge in [0.05, 0.1) is 0 Å². The summed E-state index contributed by atoms with van der Waals surface area (Å²) in [6, 6.07) is 0. The first kappa shape index (κ1) is 14.7. The van der Waals surface area contributed by atoms with Crippen LogP contribution in [-0.2, 0) is 4.79 Å². The van der Waals surface area contributed by atoms with Gasteiger partial charge in [-0.1, -0.05) is 63.3 Å². The van der Waals surface area contributed by atoms with Gasteiger partial charge in [0.1, 0.15) is 5.78 Å². The highest BCUT2D eigenvalue weighted by Crippen LogP contribution is 2.33. The molecule has 0 spiro atoms. The minimum absolute atomic E-state index is 0.246.